The van der Waals surface area contributed by atoms with E-state index in [1.165, 1.54) is 19.0 Å². The van der Waals surface area contributed by atoms with E-state index in [1.54, 1.807) is 6.07 Å². The van der Waals surface area contributed by atoms with E-state index >= 15 is 0 Å². The molecule has 0 bridgehead atoms. The van der Waals surface area contributed by atoms with E-state index in [0.717, 1.165) is 19.6 Å². The Morgan fingerprint density at radius 3 is 2.88 bits per heavy atom. The van der Waals surface area contributed by atoms with Crippen molar-refractivity contribution in [2.75, 3.05) is 26.2 Å². The number of likely N-dealkylation sites (tertiary alicyclic amines) is 1. The Bertz CT molecular complexity index is 370. The van der Waals surface area contributed by atoms with E-state index in [0.29, 0.717) is 12.2 Å². The van der Waals surface area contributed by atoms with E-state index in [4.69, 9.17) is 16.3 Å². The smallest absolute Gasteiger partial charge is 0.250 e. The molecule has 0 spiro atoms. The van der Waals surface area contributed by atoms with Crippen molar-refractivity contribution in [1.82, 2.24) is 9.88 Å². The molecule has 3 nitrogen and oxygen atoms in total. The normalized spacial score (nSPS) is 16.4. The van der Waals surface area contributed by atoms with Crippen molar-refractivity contribution < 1.29 is 9.13 Å². The van der Waals surface area contributed by atoms with E-state index in [2.05, 4.69) is 9.88 Å². The van der Waals surface area contributed by atoms with Gasteiger partial charge in [-0.1, -0.05) is 0 Å². The minimum atomic E-state index is -0.441. The van der Waals surface area contributed by atoms with Crippen molar-refractivity contribution >= 4 is 11.6 Å². The van der Waals surface area contributed by atoms with Gasteiger partial charge in [0.15, 0.2) is 5.82 Å². The number of rotatable bonds is 5. The summed E-state index contributed by atoms with van der Waals surface area (Å²) in [5, 5.41) is 0. The minimum absolute atomic E-state index is 0.0577. The lowest BCUT2D eigenvalue weighted by atomic mass is 10.3. The summed E-state index contributed by atoms with van der Waals surface area (Å²) >= 11 is 5.61. The Balaban J connectivity index is 1.85. The summed E-state index contributed by atoms with van der Waals surface area (Å²) in [7, 11) is 0. The standard InChI is InChI=1S/C12H16ClFN2O/c13-9-10-3-4-15-12(11(10)14)17-8-7-16-5-1-2-6-16/h3-4H,1-2,5-9H2. The van der Waals surface area contributed by atoms with Gasteiger partial charge in [0.25, 0.3) is 5.88 Å². The molecule has 1 fully saturated rings. The monoisotopic (exact) mass is 258 g/mol. The third-order valence-corrected chi connectivity index (χ3v) is 3.21. The van der Waals surface area contributed by atoms with Gasteiger partial charge in [0.2, 0.25) is 0 Å². The van der Waals surface area contributed by atoms with Crippen LogP contribution in [0.3, 0.4) is 0 Å². The van der Waals surface area contributed by atoms with Gasteiger partial charge >= 0.3 is 0 Å². The molecule has 0 aliphatic carbocycles. The number of hydrogen-bond donors (Lipinski definition) is 0. The molecule has 1 aromatic heterocycles. The summed E-state index contributed by atoms with van der Waals surface area (Å²) < 4.78 is 19.0. The first-order valence-electron chi connectivity index (χ1n) is 5.86. The quantitative estimate of drug-likeness (QED) is 0.759. The largest absolute Gasteiger partial charge is 0.474 e. The molecule has 0 aromatic carbocycles. The summed E-state index contributed by atoms with van der Waals surface area (Å²) in [5.41, 5.74) is 0.429. The van der Waals surface area contributed by atoms with Crippen molar-refractivity contribution in [3.8, 4) is 5.88 Å². The highest BCUT2D eigenvalue weighted by atomic mass is 35.5. The molecule has 0 N–H and O–H groups in total. The lowest BCUT2D eigenvalue weighted by Gasteiger charge is -2.14. The maximum atomic E-state index is 13.7. The van der Waals surface area contributed by atoms with Gasteiger partial charge in [0, 0.05) is 18.3 Å². The lowest BCUT2D eigenvalue weighted by Crippen LogP contribution is -2.25. The summed E-state index contributed by atoms with van der Waals surface area (Å²) in [6, 6.07) is 1.57. The maximum absolute atomic E-state index is 13.7. The molecule has 1 aliphatic heterocycles. The molecular formula is C12H16ClFN2O. The second-order valence-corrected chi connectivity index (χ2v) is 4.39. The van der Waals surface area contributed by atoms with Gasteiger partial charge in [-0.05, 0) is 32.0 Å². The minimum Gasteiger partial charge on any atom is -0.474 e. The molecule has 94 valence electrons. The molecule has 1 aromatic rings. The van der Waals surface area contributed by atoms with Gasteiger partial charge in [-0.3, -0.25) is 4.90 Å². The first-order chi connectivity index (χ1) is 8.31. The second-order valence-electron chi connectivity index (χ2n) is 4.12. The van der Waals surface area contributed by atoms with Crippen molar-refractivity contribution in [2.45, 2.75) is 18.7 Å². The van der Waals surface area contributed by atoms with Crippen LogP contribution in [0.15, 0.2) is 12.3 Å². The van der Waals surface area contributed by atoms with E-state index in [1.807, 2.05) is 0 Å². The predicted molar refractivity (Wildman–Crippen MR) is 64.9 cm³/mol. The van der Waals surface area contributed by atoms with E-state index in [-0.39, 0.29) is 11.8 Å². The maximum Gasteiger partial charge on any atom is 0.250 e. The summed E-state index contributed by atoms with van der Waals surface area (Å²) in [4.78, 5) is 6.19. The predicted octanol–water partition coefficient (Wildman–Crippen LogP) is 2.43. The Morgan fingerprint density at radius 2 is 2.18 bits per heavy atom. The first-order valence-corrected chi connectivity index (χ1v) is 6.39. The third-order valence-electron chi connectivity index (χ3n) is 2.93. The number of alkyl halides is 1. The van der Waals surface area contributed by atoms with Crippen LogP contribution in [-0.4, -0.2) is 36.1 Å². The topological polar surface area (TPSA) is 25.4 Å². The van der Waals surface area contributed by atoms with Crippen molar-refractivity contribution in [2.24, 2.45) is 0 Å². The van der Waals surface area contributed by atoms with Crippen LogP contribution < -0.4 is 4.74 Å². The molecular weight excluding hydrogens is 243 g/mol. The number of ether oxygens (including phenoxy) is 1. The van der Waals surface area contributed by atoms with E-state index < -0.39 is 5.82 Å². The van der Waals surface area contributed by atoms with Crippen LogP contribution >= 0.6 is 11.6 Å². The molecule has 5 heteroatoms. The fourth-order valence-corrected chi connectivity index (χ4v) is 2.15. The Hall–Kier alpha value is -0.870. The van der Waals surface area contributed by atoms with Crippen molar-refractivity contribution in [3.05, 3.63) is 23.6 Å². The number of aromatic nitrogens is 1. The molecule has 0 radical (unpaired) electrons. The summed E-state index contributed by atoms with van der Waals surface area (Å²) in [6.07, 6.45) is 4.01. The first kappa shape index (κ1) is 12.6. The van der Waals surface area contributed by atoms with Crippen LogP contribution in [0.4, 0.5) is 4.39 Å². The van der Waals surface area contributed by atoms with Crippen LogP contribution in [0.1, 0.15) is 18.4 Å². The van der Waals surface area contributed by atoms with Crippen molar-refractivity contribution in [3.63, 3.8) is 0 Å². The summed E-state index contributed by atoms with van der Waals surface area (Å²) in [6.45, 7) is 3.52. The molecule has 0 unspecified atom stereocenters. The number of nitrogens with zero attached hydrogens (tertiary/aromatic N) is 2. The van der Waals surface area contributed by atoms with Crippen LogP contribution in [-0.2, 0) is 5.88 Å². The molecule has 0 atom stereocenters. The molecule has 1 aliphatic rings. The SMILES string of the molecule is Fc1c(CCl)ccnc1OCCN1CCCC1. The summed E-state index contributed by atoms with van der Waals surface area (Å²) in [5.74, 6) is -0.247. The van der Waals surface area contributed by atoms with E-state index in [9.17, 15) is 4.39 Å². The van der Waals surface area contributed by atoms with Crippen LogP contribution in [0.2, 0.25) is 0 Å². The van der Waals surface area contributed by atoms with Crippen molar-refractivity contribution in [1.29, 1.82) is 0 Å². The Kier molecular flexibility index (Phi) is 4.57. The van der Waals surface area contributed by atoms with Crippen LogP contribution in [0, 0.1) is 5.82 Å². The average molecular weight is 259 g/mol. The number of hydrogen-bond acceptors (Lipinski definition) is 3. The Labute approximate surface area is 106 Å². The average Bonchev–Trinajstić information content (AvgIpc) is 2.84. The van der Waals surface area contributed by atoms with Crippen LogP contribution in [0.25, 0.3) is 0 Å². The highest BCUT2D eigenvalue weighted by Gasteiger charge is 2.13. The highest BCUT2D eigenvalue weighted by Crippen LogP contribution is 2.18. The van der Waals surface area contributed by atoms with Crippen LogP contribution in [0.5, 0.6) is 5.88 Å². The number of halogens is 2. The molecule has 2 rings (SSSR count). The second kappa shape index (κ2) is 6.17. The van der Waals surface area contributed by atoms with Gasteiger partial charge < -0.3 is 4.74 Å². The Morgan fingerprint density at radius 1 is 1.41 bits per heavy atom. The van der Waals surface area contributed by atoms with Gasteiger partial charge in [-0.25, -0.2) is 9.37 Å². The molecule has 0 saturated carbocycles. The fourth-order valence-electron chi connectivity index (χ4n) is 1.94. The molecule has 17 heavy (non-hydrogen) atoms. The zero-order valence-electron chi connectivity index (χ0n) is 9.66. The molecule has 2 heterocycles. The van der Waals surface area contributed by atoms with Gasteiger partial charge in [-0.2, -0.15) is 0 Å². The number of pyridine rings is 1. The zero-order chi connectivity index (χ0) is 12.1. The lowest BCUT2D eigenvalue weighted by molar-refractivity contribution is 0.224. The third kappa shape index (κ3) is 3.30. The van der Waals surface area contributed by atoms with Gasteiger partial charge in [0.1, 0.15) is 6.61 Å². The molecule has 1 saturated heterocycles. The zero-order valence-corrected chi connectivity index (χ0v) is 10.4. The highest BCUT2D eigenvalue weighted by molar-refractivity contribution is 6.17. The fraction of sp³-hybridized carbons (Fsp3) is 0.583. The van der Waals surface area contributed by atoms with Gasteiger partial charge in [-0.15, -0.1) is 11.6 Å². The molecule has 0 amide bonds. The van der Waals surface area contributed by atoms with Gasteiger partial charge in [0.05, 0.1) is 5.88 Å².